The zero-order chi connectivity index (χ0) is 24.5. The fourth-order valence-electron chi connectivity index (χ4n) is 7.74. The van der Waals surface area contributed by atoms with Gasteiger partial charge in [0, 0.05) is 31.2 Å². The lowest BCUT2D eigenvalue weighted by molar-refractivity contribution is -0.965. The molecule has 36 heavy (non-hydrogen) atoms. The fraction of sp³-hybridized carbons (Fsp3) is 0.778. The number of quaternary nitrogens is 1. The number of ether oxygens (including phenoxy) is 1. The lowest BCUT2D eigenvalue weighted by atomic mass is 9.66. The van der Waals surface area contributed by atoms with Gasteiger partial charge in [-0.15, -0.1) is 0 Å². The molecule has 4 heterocycles. The highest BCUT2D eigenvalue weighted by atomic mass is 79.9. The van der Waals surface area contributed by atoms with E-state index in [2.05, 4.69) is 9.97 Å². The van der Waals surface area contributed by atoms with Crippen molar-refractivity contribution in [3.8, 4) is 0 Å². The molecule has 6 rings (SSSR count). The molecule has 1 unspecified atom stereocenters. The monoisotopic (exact) mass is 564 g/mol. The van der Waals surface area contributed by atoms with Gasteiger partial charge in [0.05, 0.1) is 13.1 Å². The summed E-state index contributed by atoms with van der Waals surface area (Å²) in [5.41, 5.74) is 4.51. The SMILES string of the molecule is NC(=O)C(c1ncccn1)[N+]12CCC(CC1)[C@@H](OC(=O)C(O)(C1CCCCC1)C1CCCCC1)C2.[Br-]. The van der Waals surface area contributed by atoms with Gasteiger partial charge in [0.1, 0.15) is 6.54 Å². The summed E-state index contributed by atoms with van der Waals surface area (Å²) in [4.78, 5) is 35.3. The number of esters is 1. The van der Waals surface area contributed by atoms with Crippen LogP contribution in [0, 0.1) is 17.8 Å². The number of rotatable bonds is 7. The van der Waals surface area contributed by atoms with Crippen LogP contribution in [0.1, 0.15) is 88.9 Å². The number of halogens is 1. The van der Waals surface area contributed by atoms with Gasteiger partial charge in [-0.25, -0.2) is 14.8 Å². The molecule has 2 atom stereocenters. The number of nitrogens with two attached hydrogens (primary N) is 1. The molecule has 8 nitrogen and oxygen atoms in total. The van der Waals surface area contributed by atoms with E-state index in [9.17, 15) is 14.7 Å². The number of amides is 1. The van der Waals surface area contributed by atoms with Gasteiger partial charge < -0.3 is 37.0 Å². The van der Waals surface area contributed by atoms with Crippen LogP contribution in [0.5, 0.6) is 0 Å². The van der Waals surface area contributed by atoms with Crippen LogP contribution in [0.2, 0.25) is 0 Å². The highest BCUT2D eigenvalue weighted by Gasteiger charge is 2.57. The van der Waals surface area contributed by atoms with Crippen LogP contribution in [-0.2, 0) is 14.3 Å². The first-order valence-corrected chi connectivity index (χ1v) is 13.8. The van der Waals surface area contributed by atoms with Gasteiger partial charge in [-0.2, -0.15) is 0 Å². The Morgan fingerprint density at radius 3 is 1.97 bits per heavy atom. The smallest absolute Gasteiger partial charge is 0.339 e. The predicted octanol–water partition coefficient (Wildman–Crippen LogP) is 0.0509. The first kappa shape index (κ1) is 27.5. The average Bonchev–Trinajstić information content (AvgIpc) is 2.90. The summed E-state index contributed by atoms with van der Waals surface area (Å²) < 4.78 is 6.72. The molecular formula is C27H41BrN4O4. The second-order valence-electron chi connectivity index (χ2n) is 11.5. The van der Waals surface area contributed by atoms with E-state index < -0.39 is 23.5 Å². The number of primary amides is 1. The Bertz CT molecular complexity index is 878. The zero-order valence-electron chi connectivity index (χ0n) is 21.2. The number of carbonyl (C=O) groups is 2. The predicted molar refractivity (Wildman–Crippen MR) is 130 cm³/mol. The van der Waals surface area contributed by atoms with Crippen LogP contribution in [0.3, 0.4) is 0 Å². The van der Waals surface area contributed by atoms with E-state index in [1.807, 2.05) is 0 Å². The minimum Gasteiger partial charge on any atom is -1.00 e. The number of carbonyl (C=O) groups excluding carboxylic acids is 2. The van der Waals surface area contributed by atoms with Crippen molar-refractivity contribution in [2.24, 2.45) is 23.5 Å². The molecule has 2 saturated carbocycles. The molecule has 2 aliphatic carbocycles. The number of aromatic nitrogens is 2. The van der Waals surface area contributed by atoms with E-state index >= 15 is 0 Å². The highest BCUT2D eigenvalue weighted by Crippen LogP contribution is 2.46. The second kappa shape index (κ2) is 11.4. The van der Waals surface area contributed by atoms with Gasteiger partial charge in [-0.1, -0.05) is 38.5 Å². The molecule has 0 aromatic carbocycles. The first-order valence-electron chi connectivity index (χ1n) is 13.8. The summed E-state index contributed by atoms with van der Waals surface area (Å²) in [7, 11) is 0. The number of aliphatic hydroxyl groups is 1. The summed E-state index contributed by atoms with van der Waals surface area (Å²) in [5.74, 6) is -0.209. The molecule has 3 N–H and O–H groups in total. The van der Waals surface area contributed by atoms with E-state index in [1.165, 1.54) is 12.8 Å². The maximum absolute atomic E-state index is 13.9. The Hall–Kier alpha value is -1.58. The quantitative estimate of drug-likeness (QED) is 0.357. The minimum atomic E-state index is -1.40. The van der Waals surface area contributed by atoms with Gasteiger partial charge >= 0.3 is 5.97 Å². The topological polar surface area (TPSA) is 115 Å². The van der Waals surface area contributed by atoms with Gasteiger partial charge in [0.2, 0.25) is 6.04 Å². The lowest BCUT2D eigenvalue weighted by Crippen LogP contribution is -3.00. The van der Waals surface area contributed by atoms with Crippen molar-refractivity contribution in [3.05, 3.63) is 24.3 Å². The maximum atomic E-state index is 13.9. The number of hydrogen-bond donors (Lipinski definition) is 2. The summed E-state index contributed by atoms with van der Waals surface area (Å²) in [6.07, 6.45) is 14.9. The van der Waals surface area contributed by atoms with Crippen molar-refractivity contribution in [3.63, 3.8) is 0 Å². The van der Waals surface area contributed by atoms with Gasteiger partial charge in [-0.3, -0.25) is 4.79 Å². The van der Waals surface area contributed by atoms with Crippen LogP contribution in [0.25, 0.3) is 0 Å². The number of hydrogen-bond acceptors (Lipinski definition) is 6. The van der Waals surface area contributed by atoms with E-state index in [1.54, 1.807) is 18.5 Å². The molecule has 200 valence electrons. The largest absolute Gasteiger partial charge is 1.00 e. The normalized spacial score (nSPS) is 30.2. The number of nitrogens with zero attached hydrogens (tertiary/aromatic N) is 3. The summed E-state index contributed by atoms with van der Waals surface area (Å²) in [6, 6.07) is 1.07. The van der Waals surface area contributed by atoms with E-state index in [-0.39, 0.29) is 40.8 Å². The highest BCUT2D eigenvalue weighted by molar-refractivity contribution is 5.81. The molecule has 1 aromatic heterocycles. The molecule has 0 radical (unpaired) electrons. The third-order valence-corrected chi connectivity index (χ3v) is 9.65. The molecule has 1 aromatic rings. The van der Waals surface area contributed by atoms with E-state index in [0.29, 0.717) is 16.9 Å². The standard InChI is InChI=1S/C27H40N4O4.BrH/c28-24(32)23(25-29-14-7-15-30-25)31-16-12-19(13-17-31)22(18-31)35-26(33)27(34,20-8-3-1-4-9-20)21-10-5-2-6-11-21;/h7,14-15,19-23,34H,1-6,8-13,16-18H2,(H-,28,32);1H/t19?,22-,23?,31?;/m0./s1. The lowest BCUT2D eigenvalue weighted by Gasteiger charge is -2.54. The molecule has 5 fully saturated rings. The summed E-state index contributed by atoms with van der Waals surface area (Å²) in [6.45, 7) is 2.11. The van der Waals surface area contributed by atoms with E-state index in [4.69, 9.17) is 10.5 Å². The Morgan fingerprint density at radius 1 is 0.944 bits per heavy atom. The molecule has 3 aliphatic heterocycles. The average molecular weight is 566 g/mol. The Morgan fingerprint density at radius 2 is 1.47 bits per heavy atom. The molecule has 2 bridgehead atoms. The molecule has 3 saturated heterocycles. The van der Waals surface area contributed by atoms with Crippen LogP contribution < -0.4 is 22.7 Å². The van der Waals surface area contributed by atoms with Gasteiger partial charge in [-0.05, 0) is 43.6 Å². The summed E-state index contributed by atoms with van der Waals surface area (Å²) in [5, 5.41) is 12.1. The third kappa shape index (κ3) is 5.07. The van der Waals surface area contributed by atoms with Crippen LogP contribution in [-0.4, -0.2) is 62.8 Å². The van der Waals surface area contributed by atoms with E-state index in [0.717, 1.165) is 77.3 Å². The third-order valence-electron chi connectivity index (χ3n) is 9.65. The van der Waals surface area contributed by atoms with Gasteiger partial charge in [0.25, 0.3) is 5.91 Å². The van der Waals surface area contributed by atoms with Crippen molar-refractivity contribution in [2.45, 2.75) is 94.8 Å². The van der Waals surface area contributed by atoms with Crippen LogP contribution >= 0.6 is 0 Å². The Labute approximate surface area is 224 Å². The fourth-order valence-corrected chi connectivity index (χ4v) is 7.74. The Kier molecular flexibility index (Phi) is 8.72. The van der Waals surface area contributed by atoms with Crippen molar-refractivity contribution in [1.82, 2.24) is 9.97 Å². The van der Waals surface area contributed by atoms with Gasteiger partial charge in [0.15, 0.2) is 17.5 Å². The molecule has 0 spiro atoms. The Balaban J connectivity index is 0.00000304. The summed E-state index contributed by atoms with van der Waals surface area (Å²) >= 11 is 0. The minimum absolute atomic E-state index is 0. The molecular weight excluding hydrogens is 524 g/mol. The van der Waals surface area contributed by atoms with Crippen LogP contribution in [0.4, 0.5) is 0 Å². The maximum Gasteiger partial charge on any atom is 0.339 e. The molecule has 5 aliphatic rings. The molecule has 9 heteroatoms. The van der Waals surface area contributed by atoms with Crippen LogP contribution in [0.15, 0.2) is 18.5 Å². The zero-order valence-corrected chi connectivity index (χ0v) is 22.8. The number of piperidine rings is 3. The second-order valence-corrected chi connectivity index (χ2v) is 11.5. The number of fused-ring (bicyclic) bond motifs is 3. The van der Waals surface area contributed by atoms with Crippen molar-refractivity contribution in [2.75, 3.05) is 19.6 Å². The van der Waals surface area contributed by atoms with Crippen molar-refractivity contribution >= 4 is 11.9 Å². The van der Waals surface area contributed by atoms with Crippen molar-refractivity contribution < 1.29 is 40.9 Å². The van der Waals surface area contributed by atoms with Crippen molar-refractivity contribution in [1.29, 1.82) is 0 Å². The molecule has 1 amide bonds. The first-order chi connectivity index (χ1) is 16.9.